The fraction of sp³-hybridized carbons (Fsp3) is 0.814. The SMILES string of the molecule is CCCCC/C=C\C/C=C\CCCCCCCC(=O)OC(COCCCCCCCC/C=C\CCCCCCCCC)COP(=O)(O)OCC(N)C(=O)O. The van der Waals surface area contributed by atoms with E-state index in [1.165, 1.54) is 96.3 Å². The first kappa shape index (κ1) is 52.2. The maximum atomic E-state index is 12.6. The van der Waals surface area contributed by atoms with Crippen molar-refractivity contribution >= 4 is 19.8 Å². The molecule has 0 aliphatic heterocycles. The van der Waals surface area contributed by atoms with Crippen LogP contribution in [0.4, 0.5) is 0 Å². The molecule has 0 spiro atoms. The summed E-state index contributed by atoms with van der Waals surface area (Å²) in [4.78, 5) is 33.5. The predicted molar refractivity (Wildman–Crippen MR) is 221 cm³/mol. The molecule has 11 heteroatoms. The molecule has 0 radical (unpaired) electrons. The third kappa shape index (κ3) is 38.5. The van der Waals surface area contributed by atoms with Crippen LogP contribution in [0.2, 0.25) is 0 Å². The first-order chi connectivity index (χ1) is 26.2. The second-order valence-electron chi connectivity index (χ2n) is 14.5. The minimum atomic E-state index is -4.62. The molecule has 4 N–H and O–H groups in total. The van der Waals surface area contributed by atoms with Gasteiger partial charge in [0.25, 0.3) is 0 Å². The summed E-state index contributed by atoms with van der Waals surface area (Å²) < 4.78 is 33.3. The van der Waals surface area contributed by atoms with Gasteiger partial charge in [-0.05, 0) is 70.6 Å². The number of allylic oxidation sites excluding steroid dienone is 6. The van der Waals surface area contributed by atoms with Gasteiger partial charge in [-0.1, -0.05) is 147 Å². The van der Waals surface area contributed by atoms with Crippen molar-refractivity contribution in [2.75, 3.05) is 26.4 Å². The molecule has 0 aliphatic carbocycles. The Hall–Kier alpha value is -1.81. The van der Waals surface area contributed by atoms with E-state index in [-0.39, 0.29) is 13.0 Å². The smallest absolute Gasteiger partial charge is 0.472 e. The second-order valence-corrected chi connectivity index (χ2v) is 15.9. The van der Waals surface area contributed by atoms with Crippen LogP contribution in [-0.4, -0.2) is 60.5 Å². The summed E-state index contributed by atoms with van der Waals surface area (Å²) in [6.45, 7) is 3.82. The van der Waals surface area contributed by atoms with E-state index in [1.807, 2.05) is 0 Å². The van der Waals surface area contributed by atoms with Crippen LogP contribution < -0.4 is 5.73 Å². The first-order valence-corrected chi connectivity index (χ1v) is 23.0. The predicted octanol–water partition coefficient (Wildman–Crippen LogP) is 11.7. The van der Waals surface area contributed by atoms with Crippen molar-refractivity contribution < 1.29 is 42.7 Å². The van der Waals surface area contributed by atoms with Crippen molar-refractivity contribution in [3.8, 4) is 0 Å². The van der Waals surface area contributed by atoms with Crippen LogP contribution in [0.25, 0.3) is 0 Å². The van der Waals surface area contributed by atoms with Crippen molar-refractivity contribution in [3.05, 3.63) is 36.5 Å². The van der Waals surface area contributed by atoms with Crippen molar-refractivity contribution in [2.45, 2.75) is 199 Å². The van der Waals surface area contributed by atoms with Gasteiger partial charge in [0.1, 0.15) is 12.1 Å². The molecule has 316 valence electrons. The molecule has 3 unspecified atom stereocenters. The highest BCUT2D eigenvalue weighted by atomic mass is 31.2. The van der Waals surface area contributed by atoms with Crippen molar-refractivity contribution in [2.24, 2.45) is 5.73 Å². The molecule has 0 heterocycles. The molecule has 0 aromatic rings. The number of carboxylic acids is 1. The molecular formula is C43H80NO9P. The maximum Gasteiger partial charge on any atom is 0.472 e. The van der Waals surface area contributed by atoms with E-state index in [0.717, 1.165) is 64.2 Å². The Morgan fingerprint density at radius 2 is 1.02 bits per heavy atom. The largest absolute Gasteiger partial charge is 0.480 e. The minimum Gasteiger partial charge on any atom is -0.480 e. The number of hydrogen-bond acceptors (Lipinski definition) is 8. The van der Waals surface area contributed by atoms with Gasteiger partial charge in [0, 0.05) is 13.0 Å². The van der Waals surface area contributed by atoms with Crippen LogP contribution in [0, 0.1) is 0 Å². The lowest BCUT2D eigenvalue weighted by atomic mass is 10.1. The van der Waals surface area contributed by atoms with Crippen molar-refractivity contribution in [1.29, 1.82) is 0 Å². The average molecular weight is 786 g/mol. The highest BCUT2D eigenvalue weighted by Gasteiger charge is 2.27. The number of rotatable bonds is 41. The van der Waals surface area contributed by atoms with Crippen LogP contribution >= 0.6 is 7.82 Å². The molecule has 0 amide bonds. The van der Waals surface area contributed by atoms with Crippen molar-refractivity contribution in [1.82, 2.24) is 0 Å². The van der Waals surface area contributed by atoms with Gasteiger partial charge in [-0.3, -0.25) is 18.6 Å². The van der Waals surface area contributed by atoms with E-state index in [9.17, 15) is 19.0 Å². The van der Waals surface area contributed by atoms with Crippen LogP contribution in [0.5, 0.6) is 0 Å². The Bertz CT molecular complexity index is 1000. The maximum absolute atomic E-state index is 12.6. The summed E-state index contributed by atoms with van der Waals surface area (Å²) in [5.74, 6) is -1.79. The number of carbonyl (C=O) groups is 2. The summed E-state index contributed by atoms with van der Waals surface area (Å²) in [6.07, 6.45) is 43.3. The van der Waals surface area contributed by atoms with Gasteiger partial charge in [-0.2, -0.15) is 0 Å². The number of ether oxygens (including phenoxy) is 2. The number of aliphatic carboxylic acids is 1. The molecule has 0 fully saturated rings. The summed E-state index contributed by atoms with van der Waals surface area (Å²) >= 11 is 0. The van der Waals surface area contributed by atoms with Gasteiger partial charge in [-0.15, -0.1) is 0 Å². The van der Waals surface area contributed by atoms with E-state index in [0.29, 0.717) is 13.0 Å². The van der Waals surface area contributed by atoms with E-state index in [4.69, 9.17) is 29.4 Å². The average Bonchev–Trinajstić information content (AvgIpc) is 3.15. The molecular weight excluding hydrogens is 705 g/mol. The molecule has 0 saturated heterocycles. The van der Waals surface area contributed by atoms with Gasteiger partial charge in [0.2, 0.25) is 0 Å². The number of nitrogens with two attached hydrogens (primary N) is 1. The molecule has 10 nitrogen and oxygen atoms in total. The normalized spacial score (nSPS) is 14.3. The summed E-state index contributed by atoms with van der Waals surface area (Å²) in [7, 11) is -4.62. The fourth-order valence-electron chi connectivity index (χ4n) is 5.75. The molecule has 0 bridgehead atoms. The minimum absolute atomic E-state index is 0.00768. The van der Waals surface area contributed by atoms with Crippen LogP contribution in [0.15, 0.2) is 36.5 Å². The fourth-order valence-corrected chi connectivity index (χ4v) is 6.52. The van der Waals surface area contributed by atoms with Crippen LogP contribution in [-0.2, 0) is 32.7 Å². The number of phosphoric acid groups is 1. The van der Waals surface area contributed by atoms with Gasteiger partial charge >= 0.3 is 19.8 Å². The lowest BCUT2D eigenvalue weighted by Gasteiger charge is -2.20. The zero-order valence-electron chi connectivity index (χ0n) is 34.3. The first-order valence-electron chi connectivity index (χ1n) is 21.5. The Labute approximate surface area is 329 Å². The van der Waals surface area contributed by atoms with E-state index >= 15 is 0 Å². The number of esters is 1. The lowest BCUT2D eigenvalue weighted by Crippen LogP contribution is -2.34. The number of carbonyl (C=O) groups excluding carboxylic acids is 1. The number of phosphoric ester groups is 1. The zero-order valence-corrected chi connectivity index (χ0v) is 35.2. The molecule has 3 atom stereocenters. The number of hydrogen-bond donors (Lipinski definition) is 3. The summed E-state index contributed by atoms with van der Waals surface area (Å²) in [5, 5.41) is 8.89. The van der Waals surface area contributed by atoms with Gasteiger partial charge < -0.3 is 25.2 Å². The molecule has 0 aliphatic rings. The Kier molecular flexibility index (Phi) is 38.1. The van der Waals surface area contributed by atoms with E-state index < -0.39 is 45.1 Å². The third-order valence-electron chi connectivity index (χ3n) is 9.14. The molecule has 54 heavy (non-hydrogen) atoms. The highest BCUT2D eigenvalue weighted by molar-refractivity contribution is 7.47. The summed E-state index contributed by atoms with van der Waals surface area (Å²) in [6, 6.07) is -1.48. The topological polar surface area (TPSA) is 155 Å². The van der Waals surface area contributed by atoms with Crippen LogP contribution in [0.1, 0.15) is 187 Å². The van der Waals surface area contributed by atoms with E-state index in [1.54, 1.807) is 0 Å². The molecule has 0 aromatic carbocycles. The summed E-state index contributed by atoms with van der Waals surface area (Å²) in [5.41, 5.74) is 5.35. The lowest BCUT2D eigenvalue weighted by molar-refractivity contribution is -0.154. The Morgan fingerprint density at radius 1 is 0.593 bits per heavy atom. The second kappa shape index (κ2) is 39.4. The standard InChI is InChI=1S/C43H80NO9P/c1-3-5-7-9-11-13-15-17-19-20-22-24-26-28-30-32-34-36-50-37-40(38-51-54(48,49)52-39-41(44)43(46)47)53-42(45)35-33-31-29-27-25-23-21-18-16-14-12-10-8-6-4-2/h12,14,18-21,40-41H,3-11,13,15-17,22-39,44H2,1-2H3,(H,46,47)(H,48,49)/b14-12-,20-19-,21-18-. The molecule has 0 saturated carbocycles. The van der Waals surface area contributed by atoms with Gasteiger partial charge in [0.15, 0.2) is 0 Å². The quantitative estimate of drug-likeness (QED) is 0.0236. The third-order valence-corrected chi connectivity index (χ3v) is 10.1. The van der Waals surface area contributed by atoms with Gasteiger partial charge in [0.05, 0.1) is 19.8 Å². The zero-order chi connectivity index (χ0) is 39.8. The Balaban J connectivity index is 4.27. The number of carboxylic acid groups (broad SMARTS) is 1. The van der Waals surface area contributed by atoms with Crippen molar-refractivity contribution in [3.63, 3.8) is 0 Å². The molecule has 0 aromatic heterocycles. The number of unbranched alkanes of at least 4 members (excludes halogenated alkanes) is 21. The molecule has 0 rings (SSSR count). The van der Waals surface area contributed by atoms with E-state index in [2.05, 4.69) is 50.3 Å². The highest BCUT2D eigenvalue weighted by Crippen LogP contribution is 2.43. The Morgan fingerprint density at radius 3 is 1.56 bits per heavy atom. The monoisotopic (exact) mass is 786 g/mol. The van der Waals surface area contributed by atoms with Crippen LogP contribution in [0.3, 0.4) is 0 Å². The van der Waals surface area contributed by atoms with Gasteiger partial charge in [-0.25, -0.2) is 4.57 Å².